The second-order valence-corrected chi connectivity index (χ2v) is 2.92. The average molecular weight is 194 g/mol. The third-order valence-electron chi connectivity index (χ3n) is 1.85. The largest absolute Gasteiger partial charge is 0.382 e. The zero-order valence-corrected chi connectivity index (χ0v) is 8.24. The van der Waals surface area contributed by atoms with Crippen molar-refractivity contribution in [2.24, 2.45) is 0 Å². The van der Waals surface area contributed by atoms with Crippen LogP contribution < -0.4 is 16.4 Å². The first-order chi connectivity index (χ1) is 6.65. The molecule has 1 heterocycles. The molecular formula is C9H14N4O. The summed E-state index contributed by atoms with van der Waals surface area (Å²) in [5.41, 5.74) is 6.28. The predicted octanol–water partition coefficient (Wildman–Crippen LogP) is 0.210. The lowest BCUT2D eigenvalue weighted by atomic mass is 10.3. The molecule has 1 rings (SSSR count). The molecule has 4 N–H and O–H groups in total. The Morgan fingerprint density at radius 3 is 2.93 bits per heavy atom. The van der Waals surface area contributed by atoms with Gasteiger partial charge in [-0.05, 0) is 19.1 Å². The molecule has 1 aromatic heterocycles. The van der Waals surface area contributed by atoms with Crippen molar-refractivity contribution in [2.75, 3.05) is 18.1 Å². The van der Waals surface area contributed by atoms with Crippen molar-refractivity contribution in [2.45, 2.75) is 13.0 Å². The first-order valence-electron chi connectivity index (χ1n) is 4.33. The minimum atomic E-state index is -0.327. The molecule has 0 aliphatic heterocycles. The van der Waals surface area contributed by atoms with Crippen molar-refractivity contribution < 1.29 is 4.79 Å². The first-order valence-corrected chi connectivity index (χ1v) is 4.33. The molecule has 0 aromatic carbocycles. The number of hydrogen-bond acceptors (Lipinski definition) is 4. The summed E-state index contributed by atoms with van der Waals surface area (Å²) < 4.78 is 0. The number of hydrogen-bond donors (Lipinski definition) is 3. The van der Waals surface area contributed by atoms with Crippen molar-refractivity contribution in [1.82, 2.24) is 10.3 Å². The molecule has 1 aromatic rings. The second-order valence-electron chi connectivity index (χ2n) is 2.92. The molecule has 0 fully saturated rings. The quantitative estimate of drug-likeness (QED) is 0.642. The highest BCUT2D eigenvalue weighted by Gasteiger charge is 2.11. The Morgan fingerprint density at radius 1 is 1.64 bits per heavy atom. The number of amides is 1. The lowest BCUT2D eigenvalue weighted by Gasteiger charge is -2.14. The van der Waals surface area contributed by atoms with E-state index in [1.165, 1.54) is 0 Å². The highest BCUT2D eigenvalue weighted by atomic mass is 16.2. The molecule has 76 valence electrons. The van der Waals surface area contributed by atoms with Crippen LogP contribution in [-0.4, -0.2) is 24.0 Å². The molecule has 14 heavy (non-hydrogen) atoms. The fraction of sp³-hybridized carbons (Fsp3) is 0.333. The summed E-state index contributed by atoms with van der Waals surface area (Å²) >= 11 is 0. The Bertz CT molecular complexity index is 326. The van der Waals surface area contributed by atoms with E-state index in [2.05, 4.69) is 15.6 Å². The summed E-state index contributed by atoms with van der Waals surface area (Å²) in [6.07, 6.45) is 1.60. The third-order valence-corrected chi connectivity index (χ3v) is 1.85. The summed E-state index contributed by atoms with van der Waals surface area (Å²) in [6.45, 7) is 1.76. The van der Waals surface area contributed by atoms with Gasteiger partial charge in [0.05, 0.1) is 5.69 Å². The van der Waals surface area contributed by atoms with Gasteiger partial charge in [-0.3, -0.25) is 4.79 Å². The van der Waals surface area contributed by atoms with Gasteiger partial charge in [-0.15, -0.1) is 0 Å². The standard InChI is InChI=1S/C9H14N4O/c1-6(9(14)11-2)13-7-4-3-5-12-8(7)10/h3-6,13H,1-2H3,(H2,10,12)(H,11,14). The number of likely N-dealkylation sites (N-methyl/N-ethyl adjacent to an activating group) is 1. The van der Waals surface area contributed by atoms with Gasteiger partial charge in [-0.1, -0.05) is 0 Å². The Labute approximate surface area is 82.7 Å². The number of carbonyl (C=O) groups excluding carboxylic acids is 1. The third kappa shape index (κ3) is 2.35. The number of nitrogens with two attached hydrogens (primary N) is 1. The fourth-order valence-electron chi connectivity index (χ4n) is 1.05. The summed E-state index contributed by atoms with van der Waals surface area (Å²) in [5, 5.41) is 5.50. The molecule has 0 saturated heterocycles. The Morgan fingerprint density at radius 2 is 2.36 bits per heavy atom. The maximum Gasteiger partial charge on any atom is 0.241 e. The van der Waals surface area contributed by atoms with Crippen LogP contribution in [0, 0.1) is 0 Å². The van der Waals surface area contributed by atoms with E-state index in [4.69, 9.17) is 5.73 Å². The summed E-state index contributed by atoms with van der Waals surface area (Å²) in [5.74, 6) is 0.302. The molecule has 1 unspecified atom stereocenters. The SMILES string of the molecule is CNC(=O)C(C)Nc1cccnc1N. The highest BCUT2D eigenvalue weighted by Crippen LogP contribution is 2.14. The van der Waals surface area contributed by atoms with Gasteiger partial charge in [-0.2, -0.15) is 0 Å². The normalized spacial score (nSPS) is 11.9. The van der Waals surface area contributed by atoms with Gasteiger partial charge < -0.3 is 16.4 Å². The maximum absolute atomic E-state index is 11.2. The van der Waals surface area contributed by atoms with Crippen LogP contribution in [0.4, 0.5) is 11.5 Å². The van der Waals surface area contributed by atoms with E-state index < -0.39 is 0 Å². The molecule has 0 aliphatic carbocycles. The van der Waals surface area contributed by atoms with Crippen molar-refractivity contribution >= 4 is 17.4 Å². The Hall–Kier alpha value is -1.78. The zero-order valence-electron chi connectivity index (χ0n) is 8.24. The predicted molar refractivity (Wildman–Crippen MR) is 55.8 cm³/mol. The lowest BCUT2D eigenvalue weighted by Crippen LogP contribution is -2.35. The second kappa shape index (κ2) is 4.45. The fourth-order valence-corrected chi connectivity index (χ4v) is 1.05. The van der Waals surface area contributed by atoms with E-state index >= 15 is 0 Å². The van der Waals surface area contributed by atoms with Gasteiger partial charge in [-0.25, -0.2) is 4.98 Å². The number of carbonyl (C=O) groups is 1. The van der Waals surface area contributed by atoms with Gasteiger partial charge in [0.2, 0.25) is 5.91 Å². The van der Waals surface area contributed by atoms with E-state index in [-0.39, 0.29) is 11.9 Å². The molecule has 1 amide bonds. The van der Waals surface area contributed by atoms with Gasteiger partial charge in [0.15, 0.2) is 0 Å². The van der Waals surface area contributed by atoms with Crippen LogP contribution in [0.25, 0.3) is 0 Å². The van der Waals surface area contributed by atoms with Crippen LogP contribution >= 0.6 is 0 Å². The zero-order chi connectivity index (χ0) is 10.6. The van der Waals surface area contributed by atoms with Crippen LogP contribution in [0.3, 0.4) is 0 Å². The van der Waals surface area contributed by atoms with Gasteiger partial charge >= 0.3 is 0 Å². The molecule has 0 bridgehead atoms. The van der Waals surface area contributed by atoms with Crippen LogP contribution in [-0.2, 0) is 4.79 Å². The van der Waals surface area contributed by atoms with Crippen LogP contribution in [0.5, 0.6) is 0 Å². The van der Waals surface area contributed by atoms with Crippen LogP contribution in [0.15, 0.2) is 18.3 Å². The Balaban J connectivity index is 2.69. The molecule has 0 spiro atoms. The van der Waals surface area contributed by atoms with E-state index in [0.29, 0.717) is 11.5 Å². The van der Waals surface area contributed by atoms with Crippen molar-refractivity contribution in [3.05, 3.63) is 18.3 Å². The van der Waals surface area contributed by atoms with Crippen molar-refractivity contribution in [1.29, 1.82) is 0 Å². The van der Waals surface area contributed by atoms with Gasteiger partial charge in [0, 0.05) is 13.2 Å². The molecule has 0 aliphatic rings. The number of nitrogens with one attached hydrogen (secondary N) is 2. The number of nitrogen functional groups attached to an aromatic ring is 1. The number of rotatable bonds is 3. The molecule has 0 radical (unpaired) electrons. The average Bonchev–Trinajstić information content (AvgIpc) is 2.20. The van der Waals surface area contributed by atoms with Crippen molar-refractivity contribution in [3.8, 4) is 0 Å². The minimum absolute atomic E-state index is 0.0896. The van der Waals surface area contributed by atoms with Crippen molar-refractivity contribution in [3.63, 3.8) is 0 Å². The maximum atomic E-state index is 11.2. The highest BCUT2D eigenvalue weighted by molar-refractivity contribution is 5.84. The monoisotopic (exact) mass is 194 g/mol. The molecule has 5 heteroatoms. The van der Waals surface area contributed by atoms with E-state index in [1.807, 2.05) is 0 Å². The minimum Gasteiger partial charge on any atom is -0.382 e. The molecule has 5 nitrogen and oxygen atoms in total. The van der Waals surface area contributed by atoms with Crippen LogP contribution in [0.1, 0.15) is 6.92 Å². The topological polar surface area (TPSA) is 80.0 Å². The number of pyridine rings is 1. The lowest BCUT2D eigenvalue weighted by molar-refractivity contribution is -0.121. The first kappa shape index (κ1) is 10.3. The molecule has 1 atom stereocenters. The number of nitrogens with zero attached hydrogens (tertiary/aromatic N) is 1. The van der Waals surface area contributed by atoms with Gasteiger partial charge in [0.1, 0.15) is 11.9 Å². The van der Waals surface area contributed by atoms with E-state index in [0.717, 1.165) is 0 Å². The Kier molecular flexibility index (Phi) is 3.28. The molecule has 0 saturated carbocycles. The summed E-state index contributed by atoms with van der Waals surface area (Å²) in [7, 11) is 1.59. The molecular weight excluding hydrogens is 180 g/mol. The smallest absolute Gasteiger partial charge is 0.241 e. The van der Waals surface area contributed by atoms with E-state index in [9.17, 15) is 4.79 Å². The number of aromatic nitrogens is 1. The number of anilines is 2. The van der Waals surface area contributed by atoms with Gasteiger partial charge in [0.25, 0.3) is 0 Å². The summed E-state index contributed by atoms with van der Waals surface area (Å²) in [6, 6.07) is 3.21. The van der Waals surface area contributed by atoms with E-state index in [1.54, 1.807) is 32.3 Å². The summed E-state index contributed by atoms with van der Waals surface area (Å²) in [4.78, 5) is 15.1. The van der Waals surface area contributed by atoms with Crippen LogP contribution in [0.2, 0.25) is 0 Å².